The number of benzene rings is 2. The number of hydrogen-bond donors (Lipinski definition) is 2. The molecule has 9 heteroatoms. The van der Waals surface area contributed by atoms with Crippen LogP contribution in [0.5, 0.6) is 0 Å². The molecule has 0 aliphatic carbocycles. The minimum Gasteiger partial charge on any atom is -0.468 e. The Kier molecular flexibility index (Phi) is 7.58. The zero-order chi connectivity index (χ0) is 23.0. The molecular weight excluding hydrogens is 430 g/mol. The van der Waals surface area contributed by atoms with Gasteiger partial charge in [0.2, 0.25) is 21.8 Å². The molecule has 1 heterocycles. The molecule has 0 aliphatic rings. The molecular formula is C23H23N3O5S. The molecule has 166 valence electrons. The minimum absolute atomic E-state index is 0.103. The van der Waals surface area contributed by atoms with E-state index in [4.69, 9.17) is 4.42 Å². The lowest BCUT2D eigenvalue weighted by Crippen LogP contribution is -2.36. The molecule has 2 amide bonds. The van der Waals surface area contributed by atoms with Gasteiger partial charge >= 0.3 is 0 Å². The van der Waals surface area contributed by atoms with Crippen LogP contribution in [0.4, 0.5) is 11.4 Å². The van der Waals surface area contributed by atoms with Crippen LogP contribution in [0.3, 0.4) is 0 Å². The molecule has 2 N–H and O–H groups in total. The lowest BCUT2D eigenvalue weighted by molar-refractivity contribution is -0.116. The number of sulfonamides is 1. The summed E-state index contributed by atoms with van der Waals surface area (Å²) >= 11 is 0. The Morgan fingerprint density at radius 3 is 2.34 bits per heavy atom. The van der Waals surface area contributed by atoms with Crippen LogP contribution in [0.2, 0.25) is 0 Å². The second kappa shape index (κ2) is 10.6. The van der Waals surface area contributed by atoms with E-state index in [0.717, 1.165) is 9.71 Å². The SMILES string of the molecule is CC(=O)Nc1cccc(NC(=O)CN(Cc2ccco2)S(=O)(=O)C=Cc2ccccc2)c1. The third-order valence-corrected chi connectivity index (χ3v) is 5.75. The van der Waals surface area contributed by atoms with Crippen LogP contribution in [0, 0.1) is 0 Å². The molecule has 0 atom stereocenters. The number of rotatable bonds is 9. The standard InChI is InChI=1S/C23H23N3O5S/c1-18(27)24-20-9-5-10-21(15-20)25-23(28)17-26(16-22-11-6-13-31-22)32(29,30)14-12-19-7-3-2-4-8-19/h2-15H,16-17H2,1H3,(H,24,27)(H,25,28). The van der Waals surface area contributed by atoms with Crippen molar-refractivity contribution in [3.8, 4) is 0 Å². The van der Waals surface area contributed by atoms with Gasteiger partial charge in [0.25, 0.3) is 0 Å². The first-order valence-electron chi connectivity index (χ1n) is 9.75. The quantitative estimate of drug-likeness (QED) is 0.514. The maximum Gasteiger partial charge on any atom is 0.239 e. The van der Waals surface area contributed by atoms with E-state index in [-0.39, 0.29) is 12.5 Å². The molecule has 0 bridgehead atoms. The van der Waals surface area contributed by atoms with Crippen molar-refractivity contribution in [2.24, 2.45) is 0 Å². The van der Waals surface area contributed by atoms with Gasteiger partial charge in [-0.15, -0.1) is 0 Å². The molecule has 0 aliphatic heterocycles. The summed E-state index contributed by atoms with van der Waals surface area (Å²) in [6.45, 7) is 0.853. The van der Waals surface area contributed by atoms with Crippen LogP contribution in [-0.4, -0.2) is 31.1 Å². The van der Waals surface area contributed by atoms with Gasteiger partial charge in [0.1, 0.15) is 5.76 Å². The van der Waals surface area contributed by atoms with Crippen molar-refractivity contribution in [2.75, 3.05) is 17.2 Å². The van der Waals surface area contributed by atoms with Crippen molar-refractivity contribution in [1.29, 1.82) is 0 Å². The molecule has 0 fully saturated rings. The summed E-state index contributed by atoms with van der Waals surface area (Å²) in [5, 5.41) is 6.35. The number of nitrogens with one attached hydrogen (secondary N) is 2. The summed E-state index contributed by atoms with van der Waals surface area (Å²) < 4.78 is 32.2. The average molecular weight is 454 g/mol. The molecule has 0 spiro atoms. The number of carbonyl (C=O) groups is 2. The Labute approximate surface area is 186 Å². The molecule has 0 radical (unpaired) electrons. The number of hydrogen-bond acceptors (Lipinski definition) is 5. The first kappa shape index (κ1) is 23.0. The highest BCUT2D eigenvalue weighted by atomic mass is 32.2. The molecule has 0 saturated heterocycles. The van der Waals surface area contributed by atoms with Crippen molar-refractivity contribution in [3.63, 3.8) is 0 Å². The molecule has 0 saturated carbocycles. The van der Waals surface area contributed by atoms with Gasteiger partial charge in [0.15, 0.2) is 0 Å². The molecule has 0 unspecified atom stereocenters. The van der Waals surface area contributed by atoms with Crippen molar-refractivity contribution in [2.45, 2.75) is 13.5 Å². The van der Waals surface area contributed by atoms with Crippen molar-refractivity contribution < 1.29 is 22.4 Å². The van der Waals surface area contributed by atoms with Crippen LogP contribution >= 0.6 is 0 Å². The Morgan fingerprint density at radius 1 is 0.969 bits per heavy atom. The fraction of sp³-hybridized carbons (Fsp3) is 0.130. The average Bonchev–Trinajstić information content (AvgIpc) is 3.26. The lowest BCUT2D eigenvalue weighted by Gasteiger charge is -2.19. The number of amides is 2. The summed E-state index contributed by atoms with van der Waals surface area (Å²) in [5.41, 5.74) is 1.66. The Morgan fingerprint density at radius 2 is 1.69 bits per heavy atom. The monoisotopic (exact) mass is 453 g/mol. The Balaban J connectivity index is 1.76. The smallest absolute Gasteiger partial charge is 0.239 e. The number of furan rings is 1. The summed E-state index contributed by atoms with van der Waals surface area (Å²) in [7, 11) is -3.93. The first-order valence-corrected chi connectivity index (χ1v) is 11.3. The van der Waals surface area contributed by atoms with Crippen LogP contribution in [0.25, 0.3) is 6.08 Å². The van der Waals surface area contributed by atoms with Gasteiger partial charge in [-0.3, -0.25) is 9.59 Å². The summed E-state index contributed by atoms with van der Waals surface area (Å²) in [4.78, 5) is 23.9. The van der Waals surface area contributed by atoms with E-state index >= 15 is 0 Å². The second-order valence-electron chi connectivity index (χ2n) is 6.92. The van der Waals surface area contributed by atoms with Crippen molar-refractivity contribution in [1.82, 2.24) is 4.31 Å². The fourth-order valence-electron chi connectivity index (χ4n) is 2.87. The Hall–Kier alpha value is -3.69. The molecule has 3 rings (SSSR count). The maximum atomic E-state index is 13.0. The number of nitrogens with zero attached hydrogens (tertiary/aromatic N) is 1. The summed E-state index contributed by atoms with van der Waals surface area (Å²) in [5.74, 6) is -0.371. The van der Waals surface area contributed by atoms with Crippen LogP contribution in [-0.2, 0) is 26.2 Å². The van der Waals surface area contributed by atoms with Gasteiger partial charge in [0.05, 0.1) is 19.4 Å². The van der Waals surface area contributed by atoms with Gasteiger partial charge in [-0.25, -0.2) is 8.42 Å². The van der Waals surface area contributed by atoms with E-state index in [1.54, 1.807) is 60.7 Å². The predicted octanol–water partition coefficient (Wildman–Crippen LogP) is 3.68. The van der Waals surface area contributed by atoms with E-state index in [1.165, 1.54) is 19.3 Å². The minimum atomic E-state index is -3.93. The molecule has 32 heavy (non-hydrogen) atoms. The van der Waals surface area contributed by atoms with Gasteiger partial charge in [-0.1, -0.05) is 36.4 Å². The molecule has 1 aromatic heterocycles. The fourth-order valence-corrected chi connectivity index (χ4v) is 3.97. The predicted molar refractivity (Wildman–Crippen MR) is 123 cm³/mol. The highest BCUT2D eigenvalue weighted by Gasteiger charge is 2.24. The van der Waals surface area contributed by atoms with Crippen LogP contribution < -0.4 is 10.6 Å². The van der Waals surface area contributed by atoms with Crippen molar-refractivity contribution >= 4 is 39.3 Å². The highest BCUT2D eigenvalue weighted by Crippen LogP contribution is 2.17. The van der Waals surface area contributed by atoms with E-state index in [1.807, 2.05) is 6.07 Å². The Bertz CT molecular complexity index is 1190. The van der Waals surface area contributed by atoms with E-state index < -0.39 is 22.5 Å². The molecule has 3 aromatic rings. The zero-order valence-corrected chi connectivity index (χ0v) is 18.2. The third kappa shape index (κ3) is 6.93. The van der Waals surface area contributed by atoms with Gasteiger partial charge < -0.3 is 15.1 Å². The number of anilines is 2. The van der Waals surface area contributed by atoms with Gasteiger partial charge in [-0.05, 0) is 42.0 Å². The van der Waals surface area contributed by atoms with E-state index in [0.29, 0.717) is 22.7 Å². The van der Waals surface area contributed by atoms with Gasteiger partial charge in [-0.2, -0.15) is 4.31 Å². The van der Waals surface area contributed by atoms with Gasteiger partial charge in [0, 0.05) is 23.7 Å². The summed E-state index contributed by atoms with van der Waals surface area (Å²) in [6.07, 6.45) is 2.91. The first-order chi connectivity index (χ1) is 15.3. The molecule has 8 nitrogen and oxygen atoms in total. The topological polar surface area (TPSA) is 109 Å². The highest BCUT2D eigenvalue weighted by molar-refractivity contribution is 7.92. The van der Waals surface area contributed by atoms with Crippen LogP contribution in [0.15, 0.2) is 82.8 Å². The maximum absolute atomic E-state index is 13.0. The summed E-state index contributed by atoms with van der Waals surface area (Å²) in [6, 6.07) is 18.8. The molecule has 2 aromatic carbocycles. The normalized spacial score (nSPS) is 11.6. The largest absolute Gasteiger partial charge is 0.468 e. The third-order valence-electron chi connectivity index (χ3n) is 4.29. The van der Waals surface area contributed by atoms with Crippen molar-refractivity contribution in [3.05, 3.63) is 89.7 Å². The number of carbonyl (C=O) groups excluding carboxylic acids is 2. The lowest BCUT2D eigenvalue weighted by atomic mass is 10.2. The van der Waals surface area contributed by atoms with E-state index in [2.05, 4.69) is 10.6 Å². The second-order valence-corrected chi connectivity index (χ2v) is 8.73. The van der Waals surface area contributed by atoms with Crippen LogP contribution in [0.1, 0.15) is 18.2 Å². The zero-order valence-electron chi connectivity index (χ0n) is 17.4. The van der Waals surface area contributed by atoms with E-state index in [9.17, 15) is 18.0 Å².